The lowest BCUT2D eigenvalue weighted by Crippen LogP contribution is -2.31. The monoisotopic (exact) mass is 759 g/mol. The fraction of sp³-hybridized carbons (Fsp3) is 0.368. The van der Waals surface area contributed by atoms with E-state index in [4.69, 9.17) is 54.0 Å². The van der Waals surface area contributed by atoms with Gasteiger partial charge in [0.25, 0.3) is 0 Å². The van der Waals surface area contributed by atoms with Crippen LogP contribution in [0.2, 0.25) is 5.02 Å². The van der Waals surface area contributed by atoms with Gasteiger partial charge in [0, 0.05) is 34.7 Å². The summed E-state index contributed by atoms with van der Waals surface area (Å²) in [6.45, 7) is 8.68. The maximum atomic E-state index is 12.6. The van der Waals surface area contributed by atoms with Crippen molar-refractivity contribution >= 4 is 46.8 Å². The first-order chi connectivity index (χ1) is 25.8. The predicted molar refractivity (Wildman–Crippen MR) is 203 cm³/mol. The maximum Gasteiger partial charge on any atom is 0.306 e. The van der Waals surface area contributed by atoms with Crippen molar-refractivity contribution < 1.29 is 28.2 Å². The summed E-state index contributed by atoms with van der Waals surface area (Å²) in [7, 11) is 0. The molecule has 15 heteroatoms. The average molecular weight is 760 g/mol. The third-order valence-corrected chi connectivity index (χ3v) is 9.13. The van der Waals surface area contributed by atoms with Crippen molar-refractivity contribution in [2.45, 2.75) is 68.2 Å². The van der Waals surface area contributed by atoms with Crippen LogP contribution in [0.15, 0.2) is 64.2 Å². The van der Waals surface area contributed by atoms with Gasteiger partial charge in [-0.3, -0.25) is 9.59 Å². The molecule has 6 N–H and O–H groups in total. The Morgan fingerprint density at radius 2 is 1.58 bits per heavy atom. The molecule has 2 heterocycles. The SMILES string of the molecule is [C-]#[N+]c1c(N)nc(SCc2coc(-c3ccc(Cl)cc3)n2)c(C#N)c1-c1ccc(OC[C@@H](COC(=O)CCCCCN)OC(=O)CCCCCN)cc1. The van der Waals surface area contributed by atoms with Gasteiger partial charge >= 0.3 is 11.9 Å². The number of halogens is 1. The highest BCUT2D eigenvalue weighted by Crippen LogP contribution is 2.42. The number of unbranched alkanes of at least 4 members (excludes halogenated alkanes) is 4. The lowest BCUT2D eigenvalue weighted by atomic mass is 10.00. The van der Waals surface area contributed by atoms with Crippen molar-refractivity contribution in [2.75, 3.05) is 32.0 Å². The number of rotatable bonds is 21. The summed E-state index contributed by atoms with van der Waals surface area (Å²) in [6.07, 6.45) is 5.69. The molecule has 2 aromatic carbocycles. The van der Waals surface area contributed by atoms with Gasteiger partial charge in [-0.1, -0.05) is 48.3 Å². The fourth-order valence-corrected chi connectivity index (χ4v) is 6.12. The summed E-state index contributed by atoms with van der Waals surface area (Å²) in [4.78, 5) is 37.4. The average Bonchev–Trinajstić information content (AvgIpc) is 3.64. The topological polar surface area (TPSA) is 207 Å². The number of nitrogens with two attached hydrogens (primary N) is 3. The molecule has 0 bridgehead atoms. The molecule has 1 atom stereocenters. The number of benzene rings is 2. The molecule has 0 aliphatic rings. The molecule has 2 aromatic heterocycles. The van der Waals surface area contributed by atoms with E-state index >= 15 is 0 Å². The first kappa shape index (κ1) is 40.6. The third-order valence-electron chi connectivity index (χ3n) is 7.87. The molecule has 53 heavy (non-hydrogen) atoms. The van der Waals surface area contributed by atoms with E-state index < -0.39 is 18.0 Å². The number of aromatic nitrogens is 2. The number of pyridine rings is 1. The quantitative estimate of drug-likeness (QED) is 0.0332. The molecule has 0 fully saturated rings. The van der Waals surface area contributed by atoms with Gasteiger partial charge in [-0.2, -0.15) is 5.26 Å². The van der Waals surface area contributed by atoms with Crippen molar-refractivity contribution in [3.8, 4) is 34.4 Å². The molecule has 0 aliphatic carbocycles. The number of carbonyl (C=O) groups excluding carboxylic acids is 2. The van der Waals surface area contributed by atoms with E-state index in [1.165, 1.54) is 18.0 Å². The minimum absolute atomic E-state index is 0.0135. The second-order valence-corrected chi connectivity index (χ2v) is 13.3. The number of nitriles is 1. The van der Waals surface area contributed by atoms with Gasteiger partial charge in [-0.25, -0.2) is 14.8 Å². The Labute approximate surface area is 318 Å². The lowest BCUT2D eigenvalue weighted by molar-refractivity contribution is -0.161. The van der Waals surface area contributed by atoms with Crippen LogP contribution in [0.1, 0.15) is 62.6 Å². The number of anilines is 1. The van der Waals surface area contributed by atoms with Crippen molar-refractivity contribution in [1.29, 1.82) is 5.26 Å². The number of nitrogens with zero attached hydrogens (tertiary/aromatic N) is 4. The molecule has 0 saturated carbocycles. The highest BCUT2D eigenvalue weighted by atomic mass is 35.5. The summed E-state index contributed by atoms with van der Waals surface area (Å²) in [5, 5.41) is 11.2. The second-order valence-electron chi connectivity index (χ2n) is 11.9. The number of hydrogen-bond donors (Lipinski definition) is 3. The Morgan fingerprint density at radius 1 is 0.925 bits per heavy atom. The summed E-state index contributed by atoms with van der Waals surface area (Å²) >= 11 is 7.24. The highest BCUT2D eigenvalue weighted by Gasteiger charge is 2.22. The van der Waals surface area contributed by atoms with Gasteiger partial charge in [0.05, 0.1) is 17.8 Å². The van der Waals surface area contributed by atoms with Crippen molar-refractivity contribution in [1.82, 2.24) is 9.97 Å². The van der Waals surface area contributed by atoms with E-state index in [1.807, 2.05) is 0 Å². The molecular formula is C38H42ClN7O6S. The number of thioether (sulfide) groups is 1. The van der Waals surface area contributed by atoms with Crippen LogP contribution in [0.3, 0.4) is 0 Å². The van der Waals surface area contributed by atoms with Gasteiger partial charge in [-0.15, -0.1) is 0 Å². The van der Waals surface area contributed by atoms with E-state index in [0.29, 0.717) is 70.2 Å². The maximum absolute atomic E-state index is 12.6. The summed E-state index contributed by atoms with van der Waals surface area (Å²) < 4.78 is 22.6. The Hall–Kier alpha value is -5.12. The second kappa shape index (κ2) is 21.4. The Morgan fingerprint density at radius 3 is 2.23 bits per heavy atom. The zero-order valence-corrected chi connectivity index (χ0v) is 30.8. The minimum Gasteiger partial charge on any atom is -0.490 e. The van der Waals surface area contributed by atoms with E-state index in [0.717, 1.165) is 31.2 Å². The molecule has 0 saturated heterocycles. The van der Waals surface area contributed by atoms with Gasteiger partial charge in [-0.05, 0) is 80.7 Å². The zero-order valence-electron chi connectivity index (χ0n) is 29.2. The van der Waals surface area contributed by atoms with E-state index in [-0.39, 0.29) is 43.1 Å². The lowest BCUT2D eigenvalue weighted by Gasteiger charge is -2.19. The molecular weight excluding hydrogens is 718 g/mol. The molecule has 0 radical (unpaired) electrons. The molecule has 0 spiro atoms. The van der Waals surface area contributed by atoms with Crippen LogP contribution < -0.4 is 21.9 Å². The van der Waals surface area contributed by atoms with Crippen LogP contribution in [0.5, 0.6) is 5.75 Å². The van der Waals surface area contributed by atoms with E-state index in [9.17, 15) is 14.9 Å². The van der Waals surface area contributed by atoms with Crippen molar-refractivity contribution in [3.63, 3.8) is 0 Å². The summed E-state index contributed by atoms with van der Waals surface area (Å²) in [5.74, 6) is 0.347. The molecule has 4 rings (SSSR count). The van der Waals surface area contributed by atoms with Crippen LogP contribution in [0, 0.1) is 17.9 Å². The Balaban J connectivity index is 1.45. The number of nitrogen functional groups attached to an aromatic ring is 1. The van der Waals surface area contributed by atoms with Crippen LogP contribution in [0.25, 0.3) is 27.4 Å². The first-order valence-corrected chi connectivity index (χ1v) is 18.5. The zero-order chi connectivity index (χ0) is 38.0. The molecule has 0 unspecified atom stereocenters. The number of oxazole rings is 1. The smallest absolute Gasteiger partial charge is 0.306 e. The summed E-state index contributed by atoms with van der Waals surface area (Å²) in [6, 6.07) is 16.0. The molecule has 0 amide bonds. The molecule has 13 nitrogen and oxygen atoms in total. The number of ether oxygens (including phenoxy) is 3. The van der Waals surface area contributed by atoms with Crippen LogP contribution in [0.4, 0.5) is 11.5 Å². The van der Waals surface area contributed by atoms with E-state index in [1.54, 1.807) is 48.5 Å². The highest BCUT2D eigenvalue weighted by molar-refractivity contribution is 7.98. The first-order valence-electron chi connectivity index (χ1n) is 17.2. The number of carbonyl (C=O) groups is 2. The summed E-state index contributed by atoms with van der Waals surface area (Å²) in [5.41, 5.74) is 19.8. The molecule has 278 valence electrons. The fourth-order valence-electron chi connectivity index (χ4n) is 5.12. The number of esters is 2. The number of hydrogen-bond acceptors (Lipinski definition) is 13. The van der Waals surface area contributed by atoms with Gasteiger partial charge in [0.2, 0.25) is 11.6 Å². The van der Waals surface area contributed by atoms with E-state index in [2.05, 4.69) is 20.9 Å². The predicted octanol–water partition coefficient (Wildman–Crippen LogP) is 7.23. The van der Waals surface area contributed by atoms with Crippen LogP contribution in [-0.2, 0) is 24.8 Å². The minimum atomic E-state index is -0.838. The third kappa shape index (κ3) is 12.5. The molecule has 4 aromatic rings. The van der Waals surface area contributed by atoms with Gasteiger partial charge < -0.3 is 35.8 Å². The largest absolute Gasteiger partial charge is 0.490 e. The van der Waals surface area contributed by atoms with Crippen LogP contribution >= 0.6 is 23.4 Å². The normalized spacial score (nSPS) is 11.3. The van der Waals surface area contributed by atoms with Gasteiger partial charge in [0.15, 0.2) is 6.10 Å². The Bertz CT molecular complexity index is 1890. The molecule has 0 aliphatic heterocycles. The van der Waals surface area contributed by atoms with Crippen molar-refractivity contribution in [3.05, 3.63) is 82.5 Å². The van der Waals surface area contributed by atoms with Crippen LogP contribution in [-0.4, -0.2) is 54.3 Å². The Kier molecular flexibility index (Phi) is 16.4. The standard InChI is InChI=1S/C38H42ClN7O6S/c1-44-35-34(31(20-42)38(46-36(35)43)53-24-28-21-51-37(45-28)26-10-14-27(39)15-11-26)25-12-16-29(17-13-25)49-22-30(52-33(48)9-5-3-7-19-41)23-50-32(47)8-4-2-6-18-40/h10-17,21,30H,2-9,18-19,22-24,40-41H2,(H2,43,46)/t30-/m0/s1. The van der Waals surface area contributed by atoms with Crippen molar-refractivity contribution in [2.24, 2.45) is 11.5 Å². The van der Waals surface area contributed by atoms with Gasteiger partial charge in [0.1, 0.15) is 42.1 Å².